The van der Waals surface area contributed by atoms with E-state index in [4.69, 9.17) is 9.94 Å². The number of aliphatic hydroxyl groups excluding tert-OH is 1. The molecular formula is C36H52N6O7S2. The van der Waals surface area contributed by atoms with Gasteiger partial charge in [-0.25, -0.2) is 18.2 Å². The molecule has 51 heavy (non-hydrogen) atoms. The molecule has 0 radical (unpaired) electrons. The number of oxime groups is 1. The molecule has 280 valence electrons. The highest BCUT2D eigenvalue weighted by Crippen LogP contribution is 2.21. The van der Waals surface area contributed by atoms with Gasteiger partial charge >= 0.3 is 6.03 Å². The summed E-state index contributed by atoms with van der Waals surface area (Å²) in [5.41, 5.74) is 1.38. The lowest BCUT2D eigenvalue weighted by atomic mass is 9.99. The highest BCUT2D eigenvalue weighted by Gasteiger charge is 2.36. The maximum Gasteiger partial charge on any atom is 0.318 e. The number of carbonyl (C=O) groups excluding carboxylic acids is 2. The van der Waals surface area contributed by atoms with Gasteiger partial charge in [-0.3, -0.25) is 4.79 Å². The first kappa shape index (κ1) is 41.5. The van der Waals surface area contributed by atoms with Gasteiger partial charge in [-0.15, -0.1) is 11.3 Å². The van der Waals surface area contributed by atoms with E-state index in [2.05, 4.69) is 20.8 Å². The highest BCUT2D eigenvalue weighted by molar-refractivity contribution is 7.89. The fourth-order valence-electron chi connectivity index (χ4n) is 5.44. The molecule has 0 fully saturated rings. The number of benzene rings is 2. The van der Waals surface area contributed by atoms with Gasteiger partial charge in [-0.1, -0.05) is 61.5 Å². The van der Waals surface area contributed by atoms with Crippen molar-refractivity contribution in [1.82, 2.24) is 24.8 Å². The Labute approximate surface area is 305 Å². The molecular weight excluding hydrogens is 693 g/mol. The fraction of sp³-hybridized carbons (Fsp3) is 0.500. The number of hydrogen-bond acceptors (Lipinski definition) is 10. The molecule has 0 saturated carbocycles. The number of hydrogen-bond donors (Lipinski definition) is 4. The first-order chi connectivity index (χ1) is 23.9. The lowest BCUT2D eigenvalue weighted by Gasteiger charge is -2.34. The molecule has 0 saturated heterocycles. The van der Waals surface area contributed by atoms with E-state index in [1.165, 1.54) is 51.0 Å². The standard InChI is InChI=1S/C36H52N6O7S2/c1-24(2)20-42(51(47,48)30-16-14-28(15-17-30)19-37-46)22-32(43)31(18-27-12-10-9-11-13-27)39-34(44)33(25(3)49-36(5,6)7)40-35(45)41(8)21-29-23-50-26(4)38-29/h9-17,19,23-25,31-33,43,46H,18,20-22H2,1-8H3,(H,39,44)(H,40,45)/b37-19+/t25-,31-,32+,33-/m0/s1. The maximum atomic E-state index is 14.2. The molecule has 1 aromatic heterocycles. The van der Waals surface area contributed by atoms with Crippen molar-refractivity contribution in [1.29, 1.82) is 0 Å². The van der Waals surface area contributed by atoms with Gasteiger partial charge in [0.2, 0.25) is 15.9 Å². The molecule has 1 heterocycles. The van der Waals surface area contributed by atoms with E-state index < -0.39 is 51.9 Å². The Hall–Kier alpha value is -3.89. The largest absolute Gasteiger partial charge is 0.411 e. The number of aryl methyl sites for hydroxylation is 1. The Bertz CT molecular complexity index is 1690. The minimum atomic E-state index is -4.09. The van der Waals surface area contributed by atoms with Crippen molar-refractivity contribution >= 4 is 39.5 Å². The SMILES string of the molecule is Cc1nc(CN(C)C(=O)N[C@H](C(=O)N[C@@H](Cc2ccccc2)[C@H](O)CN(CC(C)C)S(=O)(=O)c2ccc(/C=N/O)cc2)[C@H](C)OC(C)(C)C)cs1. The van der Waals surface area contributed by atoms with Crippen molar-refractivity contribution in [3.63, 3.8) is 0 Å². The molecule has 0 aliphatic heterocycles. The number of sulfonamides is 1. The van der Waals surface area contributed by atoms with E-state index in [1.54, 1.807) is 14.0 Å². The molecule has 0 spiro atoms. The Morgan fingerprint density at radius 1 is 1.04 bits per heavy atom. The minimum Gasteiger partial charge on any atom is -0.411 e. The van der Waals surface area contributed by atoms with Gasteiger partial charge in [-0.2, -0.15) is 4.31 Å². The Kier molecular flexibility index (Phi) is 15.1. The zero-order chi connectivity index (χ0) is 37.9. The number of nitrogens with one attached hydrogen (secondary N) is 2. The second-order valence-corrected chi connectivity index (χ2v) is 17.0. The number of ether oxygens (including phenoxy) is 1. The summed E-state index contributed by atoms with van der Waals surface area (Å²) in [7, 11) is -2.49. The number of carbonyl (C=O) groups is 2. The predicted molar refractivity (Wildman–Crippen MR) is 198 cm³/mol. The molecule has 13 nitrogen and oxygen atoms in total. The molecule has 0 unspecified atom stereocenters. The third-order valence-electron chi connectivity index (χ3n) is 7.76. The van der Waals surface area contributed by atoms with Crippen LogP contribution < -0.4 is 10.6 Å². The number of rotatable bonds is 17. The topological polar surface area (TPSA) is 174 Å². The summed E-state index contributed by atoms with van der Waals surface area (Å²) >= 11 is 1.48. The van der Waals surface area contributed by atoms with Gasteiger partial charge in [-0.05, 0) is 70.2 Å². The summed E-state index contributed by atoms with van der Waals surface area (Å²) in [6.07, 6.45) is -0.771. The number of amides is 3. The van der Waals surface area contributed by atoms with Gasteiger partial charge in [0.1, 0.15) is 6.04 Å². The second kappa shape index (κ2) is 18.6. The summed E-state index contributed by atoms with van der Waals surface area (Å²) in [5.74, 6) is -0.688. The molecule has 3 amide bonds. The van der Waals surface area contributed by atoms with Crippen molar-refractivity contribution < 1.29 is 33.1 Å². The van der Waals surface area contributed by atoms with Gasteiger partial charge in [0.05, 0.1) is 52.2 Å². The Morgan fingerprint density at radius 3 is 2.24 bits per heavy atom. The molecule has 0 aliphatic carbocycles. The molecule has 3 aromatic rings. The summed E-state index contributed by atoms with van der Waals surface area (Å²) in [4.78, 5) is 33.4. The van der Waals surface area contributed by atoms with Crippen LogP contribution in [0.5, 0.6) is 0 Å². The summed E-state index contributed by atoms with van der Waals surface area (Å²) in [6.45, 7) is 12.9. The quantitative estimate of drug-likeness (QED) is 0.0894. The second-order valence-electron chi connectivity index (χ2n) is 14.0. The molecule has 0 aliphatic rings. The number of urea groups is 1. The zero-order valence-corrected chi connectivity index (χ0v) is 32.2. The van der Waals surface area contributed by atoms with Gasteiger partial charge < -0.3 is 30.6 Å². The lowest BCUT2D eigenvalue weighted by molar-refractivity contribution is -0.132. The van der Waals surface area contributed by atoms with Crippen LogP contribution in [-0.4, -0.2) is 101 Å². The predicted octanol–water partition coefficient (Wildman–Crippen LogP) is 4.41. The van der Waals surface area contributed by atoms with Crippen molar-refractivity contribution in [3.8, 4) is 0 Å². The molecule has 0 bridgehead atoms. The van der Waals surface area contributed by atoms with Crippen LogP contribution in [0.3, 0.4) is 0 Å². The smallest absolute Gasteiger partial charge is 0.318 e. The van der Waals surface area contributed by atoms with E-state index in [0.29, 0.717) is 5.56 Å². The summed E-state index contributed by atoms with van der Waals surface area (Å²) < 4.78 is 35.1. The van der Waals surface area contributed by atoms with Gasteiger partial charge in [0.15, 0.2) is 0 Å². The van der Waals surface area contributed by atoms with Crippen molar-refractivity contribution in [2.24, 2.45) is 11.1 Å². The van der Waals surface area contributed by atoms with Crippen LogP contribution in [0.15, 0.2) is 70.0 Å². The van der Waals surface area contributed by atoms with Crippen molar-refractivity contribution in [2.75, 3.05) is 20.1 Å². The first-order valence-corrected chi connectivity index (χ1v) is 19.1. The monoisotopic (exact) mass is 744 g/mol. The van der Waals surface area contributed by atoms with Crippen LogP contribution in [0.2, 0.25) is 0 Å². The van der Waals surface area contributed by atoms with E-state index in [1.807, 2.05) is 77.3 Å². The number of nitrogens with zero attached hydrogens (tertiary/aromatic N) is 4. The van der Waals surface area contributed by atoms with Gasteiger partial charge in [0, 0.05) is 25.5 Å². The van der Waals surface area contributed by atoms with Crippen LogP contribution in [0.4, 0.5) is 4.79 Å². The lowest BCUT2D eigenvalue weighted by Crippen LogP contribution is -2.60. The third-order valence-corrected chi connectivity index (χ3v) is 10.4. The van der Waals surface area contributed by atoms with Gasteiger partial charge in [0.25, 0.3) is 0 Å². The van der Waals surface area contributed by atoms with E-state index >= 15 is 0 Å². The first-order valence-electron chi connectivity index (χ1n) is 16.8. The van der Waals surface area contributed by atoms with E-state index in [-0.39, 0.29) is 36.9 Å². The van der Waals surface area contributed by atoms with Crippen molar-refractivity contribution in [2.45, 2.75) is 96.2 Å². The molecule has 3 rings (SSSR count). The Morgan fingerprint density at radius 2 is 1.69 bits per heavy atom. The van der Waals surface area contributed by atoms with Crippen molar-refractivity contribution in [3.05, 3.63) is 81.8 Å². The highest BCUT2D eigenvalue weighted by atomic mass is 32.2. The van der Waals surface area contributed by atoms with Crippen LogP contribution in [0, 0.1) is 12.8 Å². The van der Waals surface area contributed by atoms with E-state index in [9.17, 15) is 23.1 Å². The average Bonchev–Trinajstić information content (AvgIpc) is 3.46. The Balaban J connectivity index is 1.92. The molecule has 2 aromatic carbocycles. The molecule has 4 atom stereocenters. The minimum absolute atomic E-state index is 0.00180. The summed E-state index contributed by atoms with van der Waals surface area (Å²) in [5, 5.41) is 32.1. The number of aromatic nitrogens is 1. The molecule has 15 heteroatoms. The maximum absolute atomic E-state index is 14.2. The van der Waals surface area contributed by atoms with Crippen LogP contribution >= 0.6 is 11.3 Å². The number of aliphatic hydroxyl groups is 1. The fourth-order valence-corrected chi connectivity index (χ4v) is 7.67. The zero-order valence-electron chi connectivity index (χ0n) is 30.6. The van der Waals surface area contributed by atoms with E-state index in [0.717, 1.165) is 16.3 Å². The summed E-state index contributed by atoms with van der Waals surface area (Å²) in [6, 6.07) is 12.4. The van der Waals surface area contributed by atoms with Crippen LogP contribution in [0.25, 0.3) is 0 Å². The van der Waals surface area contributed by atoms with Crippen LogP contribution in [-0.2, 0) is 32.5 Å². The number of thiazole rings is 1. The average molecular weight is 745 g/mol. The van der Waals surface area contributed by atoms with Crippen LogP contribution in [0.1, 0.15) is 63.4 Å². The molecule has 4 N–H and O–H groups in total. The normalized spacial score (nSPS) is 14.7. The third kappa shape index (κ3) is 13.0.